The van der Waals surface area contributed by atoms with Crippen molar-refractivity contribution in [2.24, 2.45) is 10.7 Å². The number of benzene rings is 1. The number of nitrogens with two attached hydrogens (primary N) is 1. The molecular weight excluding hydrogens is 345 g/mol. The third kappa shape index (κ3) is 4.32. The van der Waals surface area contributed by atoms with E-state index in [-0.39, 0.29) is 24.0 Å². The molecule has 0 radical (unpaired) electrons. The Morgan fingerprint density at radius 2 is 2.11 bits per heavy atom. The molecule has 0 unspecified atom stereocenters. The van der Waals surface area contributed by atoms with Crippen molar-refractivity contribution in [3.63, 3.8) is 0 Å². The SMILES string of the molecule is Cc1nc(CN=C(N)Nc2ccccc2)no1.I. The second-order valence-electron chi connectivity index (χ2n) is 3.42. The molecule has 0 spiro atoms. The summed E-state index contributed by atoms with van der Waals surface area (Å²) in [5, 5.41) is 6.68. The highest BCUT2D eigenvalue weighted by Gasteiger charge is 2.00. The third-order valence-corrected chi connectivity index (χ3v) is 2.01. The summed E-state index contributed by atoms with van der Waals surface area (Å²) in [7, 11) is 0. The lowest BCUT2D eigenvalue weighted by Gasteiger charge is -2.03. The van der Waals surface area contributed by atoms with Gasteiger partial charge in [0.2, 0.25) is 5.89 Å². The van der Waals surface area contributed by atoms with Crippen LogP contribution in [0.4, 0.5) is 5.69 Å². The average Bonchev–Trinajstić information content (AvgIpc) is 2.74. The first-order valence-corrected chi connectivity index (χ1v) is 5.15. The summed E-state index contributed by atoms with van der Waals surface area (Å²) >= 11 is 0. The number of aryl methyl sites for hydroxylation is 1. The molecule has 1 aromatic carbocycles. The predicted octanol–water partition coefficient (Wildman–Crippen LogP) is 1.92. The summed E-state index contributed by atoms with van der Waals surface area (Å²) in [6, 6.07) is 9.57. The Kier molecular flexibility index (Phi) is 5.56. The van der Waals surface area contributed by atoms with E-state index < -0.39 is 0 Å². The van der Waals surface area contributed by atoms with Crippen molar-refractivity contribution in [2.45, 2.75) is 13.5 Å². The number of nitrogens with one attached hydrogen (secondary N) is 1. The molecule has 2 rings (SSSR count). The van der Waals surface area contributed by atoms with Gasteiger partial charge in [0.05, 0.1) is 0 Å². The Bertz CT molecular complexity index is 511. The van der Waals surface area contributed by atoms with E-state index in [1.165, 1.54) is 0 Å². The van der Waals surface area contributed by atoms with E-state index in [2.05, 4.69) is 20.4 Å². The number of guanidine groups is 1. The molecule has 7 heteroatoms. The van der Waals surface area contributed by atoms with Gasteiger partial charge in [0.25, 0.3) is 0 Å². The molecule has 3 N–H and O–H groups in total. The van der Waals surface area contributed by atoms with Crippen molar-refractivity contribution in [1.82, 2.24) is 10.1 Å². The van der Waals surface area contributed by atoms with E-state index in [4.69, 9.17) is 10.3 Å². The van der Waals surface area contributed by atoms with Crippen molar-refractivity contribution in [2.75, 3.05) is 5.32 Å². The van der Waals surface area contributed by atoms with Crippen LogP contribution >= 0.6 is 24.0 Å². The number of aliphatic imine (C=N–C) groups is 1. The summed E-state index contributed by atoms with van der Waals surface area (Å²) in [6.07, 6.45) is 0. The van der Waals surface area contributed by atoms with Crippen LogP contribution in [0.5, 0.6) is 0 Å². The molecule has 0 aliphatic heterocycles. The number of anilines is 1. The van der Waals surface area contributed by atoms with E-state index in [1.807, 2.05) is 30.3 Å². The van der Waals surface area contributed by atoms with Gasteiger partial charge in [-0.1, -0.05) is 23.4 Å². The highest BCUT2D eigenvalue weighted by molar-refractivity contribution is 14.0. The van der Waals surface area contributed by atoms with Crippen LogP contribution in [0, 0.1) is 6.92 Å². The average molecular weight is 359 g/mol. The normalized spacial score (nSPS) is 10.8. The van der Waals surface area contributed by atoms with Crippen LogP contribution in [0.15, 0.2) is 39.8 Å². The molecule has 96 valence electrons. The lowest BCUT2D eigenvalue weighted by Crippen LogP contribution is -2.22. The second kappa shape index (κ2) is 6.94. The Labute approximate surface area is 122 Å². The molecule has 0 saturated carbocycles. The number of rotatable bonds is 3. The van der Waals surface area contributed by atoms with Crippen molar-refractivity contribution in [3.8, 4) is 0 Å². The van der Waals surface area contributed by atoms with Crippen molar-refractivity contribution in [1.29, 1.82) is 0 Å². The van der Waals surface area contributed by atoms with E-state index in [1.54, 1.807) is 6.92 Å². The fourth-order valence-electron chi connectivity index (χ4n) is 1.27. The number of aromatic nitrogens is 2. The zero-order valence-corrected chi connectivity index (χ0v) is 12.2. The monoisotopic (exact) mass is 359 g/mol. The van der Waals surface area contributed by atoms with Gasteiger partial charge < -0.3 is 15.6 Å². The highest BCUT2D eigenvalue weighted by atomic mass is 127. The number of para-hydroxylation sites is 1. The van der Waals surface area contributed by atoms with Gasteiger partial charge >= 0.3 is 0 Å². The summed E-state index contributed by atoms with van der Waals surface area (Å²) in [5.41, 5.74) is 6.60. The van der Waals surface area contributed by atoms with Crippen molar-refractivity contribution in [3.05, 3.63) is 42.0 Å². The fourth-order valence-corrected chi connectivity index (χ4v) is 1.27. The first kappa shape index (κ1) is 14.4. The number of hydrogen-bond donors (Lipinski definition) is 2. The molecule has 18 heavy (non-hydrogen) atoms. The Hall–Kier alpha value is -1.64. The molecule has 2 aromatic rings. The molecule has 0 atom stereocenters. The van der Waals surface area contributed by atoms with Gasteiger partial charge in [0.1, 0.15) is 6.54 Å². The molecule has 1 heterocycles. The maximum Gasteiger partial charge on any atom is 0.223 e. The largest absolute Gasteiger partial charge is 0.370 e. The minimum absolute atomic E-state index is 0. The van der Waals surface area contributed by atoms with Gasteiger partial charge in [-0.2, -0.15) is 4.98 Å². The minimum atomic E-state index is 0. The van der Waals surface area contributed by atoms with Gasteiger partial charge in [0, 0.05) is 12.6 Å². The van der Waals surface area contributed by atoms with Crippen LogP contribution in [-0.4, -0.2) is 16.1 Å². The van der Waals surface area contributed by atoms with E-state index >= 15 is 0 Å². The molecule has 0 fully saturated rings. The van der Waals surface area contributed by atoms with Crippen LogP contribution in [0.1, 0.15) is 11.7 Å². The molecule has 0 bridgehead atoms. The summed E-state index contributed by atoms with van der Waals surface area (Å²) in [6.45, 7) is 2.02. The summed E-state index contributed by atoms with van der Waals surface area (Å²) < 4.78 is 4.82. The topological polar surface area (TPSA) is 89.3 Å². The van der Waals surface area contributed by atoms with E-state index in [0.717, 1.165) is 5.69 Å². The van der Waals surface area contributed by atoms with Crippen LogP contribution in [0.25, 0.3) is 0 Å². The van der Waals surface area contributed by atoms with Gasteiger partial charge in [-0.3, -0.25) is 0 Å². The zero-order valence-electron chi connectivity index (χ0n) is 9.83. The van der Waals surface area contributed by atoms with E-state index in [9.17, 15) is 0 Å². The quantitative estimate of drug-likeness (QED) is 0.497. The fraction of sp³-hybridized carbons (Fsp3) is 0.182. The smallest absolute Gasteiger partial charge is 0.223 e. The van der Waals surface area contributed by atoms with Gasteiger partial charge in [-0.15, -0.1) is 24.0 Å². The molecule has 0 saturated heterocycles. The maximum atomic E-state index is 5.71. The summed E-state index contributed by atoms with van der Waals surface area (Å²) in [5.74, 6) is 1.35. The van der Waals surface area contributed by atoms with Gasteiger partial charge in [0.15, 0.2) is 11.8 Å². The van der Waals surface area contributed by atoms with Gasteiger partial charge in [-0.25, -0.2) is 4.99 Å². The highest BCUT2D eigenvalue weighted by Crippen LogP contribution is 2.04. The first-order chi connectivity index (χ1) is 8.24. The Balaban J connectivity index is 0.00000162. The second-order valence-corrected chi connectivity index (χ2v) is 3.42. The maximum absolute atomic E-state index is 5.71. The van der Waals surface area contributed by atoms with Crippen LogP contribution in [0.3, 0.4) is 0 Å². The molecule has 6 nitrogen and oxygen atoms in total. The number of hydrogen-bond acceptors (Lipinski definition) is 4. The van der Waals surface area contributed by atoms with Crippen molar-refractivity contribution >= 4 is 35.6 Å². The van der Waals surface area contributed by atoms with Crippen LogP contribution < -0.4 is 11.1 Å². The molecule has 1 aromatic heterocycles. The Morgan fingerprint density at radius 3 is 2.72 bits per heavy atom. The number of halogens is 1. The lowest BCUT2D eigenvalue weighted by molar-refractivity contribution is 0.387. The minimum Gasteiger partial charge on any atom is -0.370 e. The molecule has 0 aliphatic carbocycles. The third-order valence-electron chi connectivity index (χ3n) is 2.01. The summed E-state index contributed by atoms with van der Waals surface area (Å²) in [4.78, 5) is 8.12. The lowest BCUT2D eigenvalue weighted by atomic mass is 10.3. The molecule has 0 amide bonds. The molecule has 0 aliphatic rings. The first-order valence-electron chi connectivity index (χ1n) is 5.15. The predicted molar refractivity (Wildman–Crippen MR) is 79.8 cm³/mol. The zero-order chi connectivity index (χ0) is 12.1. The standard InChI is InChI=1S/C11H13N5O.HI/c1-8-14-10(16-17-8)7-13-11(12)15-9-5-3-2-4-6-9;/h2-6H,7H2,1H3,(H3,12,13,15);1H. The van der Waals surface area contributed by atoms with Crippen LogP contribution in [-0.2, 0) is 6.54 Å². The van der Waals surface area contributed by atoms with E-state index in [0.29, 0.717) is 24.2 Å². The van der Waals surface area contributed by atoms with Crippen LogP contribution in [0.2, 0.25) is 0 Å². The molecular formula is C11H14IN5O. The van der Waals surface area contributed by atoms with Crippen molar-refractivity contribution < 1.29 is 4.52 Å². The Morgan fingerprint density at radius 1 is 1.39 bits per heavy atom. The number of nitrogens with zero attached hydrogens (tertiary/aromatic N) is 3. The van der Waals surface area contributed by atoms with Gasteiger partial charge in [-0.05, 0) is 12.1 Å².